The molecule has 1 aromatic rings. The predicted octanol–water partition coefficient (Wildman–Crippen LogP) is 1.85. The van der Waals surface area contributed by atoms with Gasteiger partial charge in [0.15, 0.2) is 5.96 Å². The zero-order chi connectivity index (χ0) is 19.1. The van der Waals surface area contributed by atoms with Crippen LogP contribution in [0.3, 0.4) is 0 Å². The number of carbonyl (C=O) groups is 1. The van der Waals surface area contributed by atoms with E-state index in [2.05, 4.69) is 26.6 Å². The molecule has 1 amide bonds. The van der Waals surface area contributed by atoms with Gasteiger partial charge in [0.25, 0.3) is 0 Å². The Hall–Kier alpha value is -1.55. The molecule has 0 radical (unpaired) electrons. The van der Waals surface area contributed by atoms with Crippen molar-refractivity contribution in [3.8, 4) is 5.75 Å². The average molecular weight is 501 g/mol. The maximum Gasteiger partial charge on any atom is 0.231 e. The molecule has 4 N–H and O–H groups in total. The van der Waals surface area contributed by atoms with Crippen LogP contribution in [0, 0.1) is 0 Å². The van der Waals surface area contributed by atoms with Gasteiger partial charge in [-0.3, -0.25) is 14.7 Å². The number of nitrogens with two attached hydrogens (primary N) is 1. The highest BCUT2D eigenvalue weighted by atomic mass is 127. The lowest BCUT2D eigenvalue weighted by molar-refractivity contribution is -0.119. The Morgan fingerprint density at radius 3 is 2.57 bits per heavy atom. The first-order chi connectivity index (χ1) is 13.1. The minimum Gasteiger partial charge on any atom is -0.490 e. The minimum atomic E-state index is -0.262. The van der Waals surface area contributed by atoms with Gasteiger partial charge in [-0.15, -0.1) is 24.0 Å². The Bertz CT molecular complexity index is 658. The summed E-state index contributed by atoms with van der Waals surface area (Å²) in [5.74, 6) is 1.49. The molecule has 3 rings (SSSR count). The summed E-state index contributed by atoms with van der Waals surface area (Å²) in [7, 11) is 1.79. The molecule has 8 heteroatoms. The molecule has 1 saturated heterocycles. The SMILES string of the molecule is CN=C(NCc1ccccc1OC1CCC1)NC1CCN(CC(N)=O)CC1.I. The van der Waals surface area contributed by atoms with Gasteiger partial charge in [-0.1, -0.05) is 18.2 Å². The number of primary amides is 1. The minimum absolute atomic E-state index is 0. The normalized spacial score (nSPS) is 18.7. The van der Waals surface area contributed by atoms with Crippen molar-refractivity contribution in [3.05, 3.63) is 29.8 Å². The van der Waals surface area contributed by atoms with Crippen molar-refractivity contribution in [3.63, 3.8) is 0 Å². The first-order valence-corrected chi connectivity index (χ1v) is 9.86. The number of guanidine groups is 1. The second-order valence-corrected chi connectivity index (χ2v) is 7.37. The first kappa shape index (κ1) is 22.7. The number of amides is 1. The summed E-state index contributed by atoms with van der Waals surface area (Å²) >= 11 is 0. The van der Waals surface area contributed by atoms with E-state index >= 15 is 0 Å². The highest BCUT2D eigenvalue weighted by Gasteiger charge is 2.22. The summed E-state index contributed by atoms with van der Waals surface area (Å²) < 4.78 is 6.10. The number of para-hydroxylation sites is 1. The number of piperidine rings is 1. The number of hydrogen-bond donors (Lipinski definition) is 3. The topological polar surface area (TPSA) is 92.0 Å². The summed E-state index contributed by atoms with van der Waals surface area (Å²) in [6.45, 7) is 2.76. The lowest BCUT2D eigenvalue weighted by Gasteiger charge is -2.32. The van der Waals surface area contributed by atoms with Crippen LogP contribution in [0.25, 0.3) is 0 Å². The predicted molar refractivity (Wildman–Crippen MR) is 122 cm³/mol. The van der Waals surface area contributed by atoms with E-state index < -0.39 is 0 Å². The van der Waals surface area contributed by atoms with E-state index in [-0.39, 0.29) is 29.9 Å². The van der Waals surface area contributed by atoms with Crippen LogP contribution in [0.15, 0.2) is 29.3 Å². The molecule has 1 aliphatic heterocycles. The van der Waals surface area contributed by atoms with Gasteiger partial charge in [-0.2, -0.15) is 0 Å². The monoisotopic (exact) mass is 501 g/mol. The van der Waals surface area contributed by atoms with Crippen LogP contribution < -0.4 is 21.1 Å². The van der Waals surface area contributed by atoms with Gasteiger partial charge >= 0.3 is 0 Å². The van der Waals surface area contributed by atoms with Gasteiger partial charge in [0.1, 0.15) is 5.75 Å². The van der Waals surface area contributed by atoms with Gasteiger partial charge in [0.05, 0.1) is 12.6 Å². The van der Waals surface area contributed by atoms with E-state index in [0.717, 1.165) is 56.0 Å². The number of halogens is 1. The molecule has 2 fully saturated rings. The Balaban J connectivity index is 0.00000280. The molecular weight excluding hydrogens is 469 g/mol. The number of carbonyl (C=O) groups excluding carboxylic acids is 1. The summed E-state index contributed by atoms with van der Waals surface area (Å²) in [5.41, 5.74) is 6.42. The van der Waals surface area contributed by atoms with Crippen molar-refractivity contribution in [1.82, 2.24) is 15.5 Å². The Labute approximate surface area is 184 Å². The van der Waals surface area contributed by atoms with Crippen LogP contribution in [-0.4, -0.2) is 55.6 Å². The Morgan fingerprint density at radius 2 is 1.96 bits per heavy atom. The highest BCUT2D eigenvalue weighted by Crippen LogP contribution is 2.27. The van der Waals surface area contributed by atoms with Crippen LogP contribution in [0.5, 0.6) is 5.75 Å². The molecule has 2 aliphatic rings. The molecular formula is C20H32IN5O2. The van der Waals surface area contributed by atoms with Crippen LogP contribution >= 0.6 is 24.0 Å². The van der Waals surface area contributed by atoms with Crippen LogP contribution in [0.2, 0.25) is 0 Å². The summed E-state index contributed by atoms with van der Waals surface area (Å²) in [6.07, 6.45) is 5.87. The number of hydrogen-bond acceptors (Lipinski definition) is 4. The summed E-state index contributed by atoms with van der Waals surface area (Å²) in [6, 6.07) is 8.54. The van der Waals surface area contributed by atoms with E-state index in [1.54, 1.807) is 7.05 Å². The van der Waals surface area contributed by atoms with Crippen molar-refractivity contribution in [1.29, 1.82) is 0 Å². The van der Waals surface area contributed by atoms with E-state index in [4.69, 9.17) is 10.5 Å². The molecule has 7 nitrogen and oxygen atoms in total. The van der Waals surface area contributed by atoms with Crippen LogP contribution in [0.1, 0.15) is 37.7 Å². The van der Waals surface area contributed by atoms with Crippen LogP contribution in [-0.2, 0) is 11.3 Å². The standard InChI is InChI=1S/C20H31N5O2.HI/c1-22-20(24-16-9-11-25(12-10-16)14-19(21)26)23-13-15-5-2-3-8-18(15)27-17-6-4-7-17;/h2-3,5,8,16-17H,4,6-7,9-14H2,1H3,(H2,21,26)(H2,22,23,24);1H. The summed E-state index contributed by atoms with van der Waals surface area (Å²) in [4.78, 5) is 17.5. The fourth-order valence-electron chi connectivity index (χ4n) is 3.46. The molecule has 1 heterocycles. The van der Waals surface area contributed by atoms with Gasteiger partial charge < -0.3 is 21.1 Å². The molecule has 0 spiro atoms. The maximum atomic E-state index is 11.0. The van der Waals surface area contributed by atoms with E-state index in [9.17, 15) is 4.79 Å². The maximum absolute atomic E-state index is 11.0. The molecule has 1 aliphatic carbocycles. The molecule has 0 aromatic heterocycles. The second kappa shape index (κ2) is 11.5. The molecule has 0 atom stereocenters. The third-order valence-electron chi connectivity index (χ3n) is 5.30. The van der Waals surface area contributed by atoms with Gasteiger partial charge in [0.2, 0.25) is 5.91 Å². The molecule has 0 unspecified atom stereocenters. The molecule has 28 heavy (non-hydrogen) atoms. The van der Waals surface area contributed by atoms with Crippen LogP contribution in [0.4, 0.5) is 0 Å². The quantitative estimate of drug-likeness (QED) is 0.302. The van der Waals surface area contributed by atoms with Gasteiger partial charge in [0, 0.05) is 38.3 Å². The number of benzene rings is 1. The van der Waals surface area contributed by atoms with Gasteiger partial charge in [-0.05, 0) is 38.2 Å². The van der Waals surface area contributed by atoms with Crippen molar-refractivity contribution < 1.29 is 9.53 Å². The molecule has 1 aromatic carbocycles. The number of nitrogens with one attached hydrogen (secondary N) is 2. The van der Waals surface area contributed by atoms with Crippen molar-refractivity contribution in [2.24, 2.45) is 10.7 Å². The number of ether oxygens (including phenoxy) is 1. The van der Waals surface area contributed by atoms with Gasteiger partial charge in [-0.25, -0.2) is 0 Å². The van der Waals surface area contributed by atoms with E-state index in [0.29, 0.717) is 25.2 Å². The summed E-state index contributed by atoms with van der Waals surface area (Å²) in [5, 5.41) is 6.88. The molecule has 0 bridgehead atoms. The van der Waals surface area contributed by atoms with Crippen molar-refractivity contribution in [2.75, 3.05) is 26.7 Å². The number of likely N-dealkylation sites (tertiary alicyclic amines) is 1. The van der Waals surface area contributed by atoms with Crippen molar-refractivity contribution >= 4 is 35.8 Å². The van der Waals surface area contributed by atoms with E-state index in [1.165, 1.54) is 6.42 Å². The first-order valence-electron chi connectivity index (χ1n) is 9.86. The number of rotatable bonds is 7. The zero-order valence-corrected chi connectivity index (χ0v) is 18.9. The fraction of sp³-hybridized carbons (Fsp3) is 0.600. The Kier molecular flexibility index (Phi) is 9.30. The smallest absolute Gasteiger partial charge is 0.231 e. The number of nitrogens with zero attached hydrogens (tertiary/aromatic N) is 2. The lowest BCUT2D eigenvalue weighted by atomic mass is 9.96. The van der Waals surface area contributed by atoms with E-state index in [1.807, 2.05) is 18.2 Å². The third kappa shape index (κ3) is 6.80. The highest BCUT2D eigenvalue weighted by molar-refractivity contribution is 14.0. The molecule has 156 valence electrons. The fourth-order valence-corrected chi connectivity index (χ4v) is 3.46. The third-order valence-corrected chi connectivity index (χ3v) is 5.30. The average Bonchev–Trinajstić information content (AvgIpc) is 2.63. The molecule has 1 saturated carbocycles. The number of aliphatic imine (C=N–C) groups is 1. The second-order valence-electron chi connectivity index (χ2n) is 7.37. The van der Waals surface area contributed by atoms with Crippen molar-refractivity contribution in [2.45, 2.75) is 50.8 Å². The zero-order valence-electron chi connectivity index (χ0n) is 16.5. The Morgan fingerprint density at radius 1 is 1.25 bits per heavy atom. The lowest BCUT2D eigenvalue weighted by Crippen LogP contribution is -2.49. The largest absolute Gasteiger partial charge is 0.490 e.